The summed E-state index contributed by atoms with van der Waals surface area (Å²) in [5.41, 5.74) is 15.3. The van der Waals surface area contributed by atoms with Gasteiger partial charge in [0, 0.05) is 23.5 Å². The molecule has 0 saturated carbocycles. The van der Waals surface area contributed by atoms with Crippen molar-refractivity contribution in [1.82, 2.24) is 0 Å². The number of nitrogens with two attached hydrogens (primary N) is 1. The van der Waals surface area contributed by atoms with Crippen LogP contribution in [0.3, 0.4) is 0 Å². The summed E-state index contributed by atoms with van der Waals surface area (Å²) in [6, 6.07) is 88.4. The molecule has 0 unspecified atom stereocenters. The molecule has 0 aliphatic rings. The molecule has 572 valence electrons. The van der Waals surface area contributed by atoms with Crippen LogP contribution in [0.15, 0.2) is 273 Å². The minimum Gasteiger partial charge on any atom is -0.591 e. The third kappa shape index (κ3) is 20.3. The SMILES string of the molecule is C[n+]1cc(C(=O)Nc2ccc(OCCOCCOC(=O)[N-]c3ccc(C(c4ccccc4)(c4ccc(C(C)(C)C)cc4)c4ccc(C(C)(C)C)cc4)cc3)cc2)cc(C(=O)[NH2+]c2ccc(OCCOCCOC(=O)Nc3ccc(C(c4ccccc4)(c4ccc(C(C)(C)C)cc4)c4ccc(C(C)(C)C)cc4)cc3)cc2)c1. The molecule has 0 fully saturated rings. The molecule has 15 heteroatoms. The number of hydrogen-bond acceptors (Lipinski definition) is 10. The molecule has 0 spiro atoms. The molecule has 4 N–H and O–H groups in total. The zero-order valence-corrected chi connectivity index (χ0v) is 66.2. The van der Waals surface area contributed by atoms with Gasteiger partial charge in [-0.05, 0) is 143 Å². The molecule has 0 aliphatic carbocycles. The van der Waals surface area contributed by atoms with E-state index in [9.17, 15) is 19.2 Å². The molecule has 0 saturated heterocycles. The van der Waals surface area contributed by atoms with E-state index in [0.29, 0.717) is 45.4 Å². The number of anilines is 2. The van der Waals surface area contributed by atoms with Gasteiger partial charge in [0.1, 0.15) is 61.8 Å². The lowest BCUT2D eigenvalue weighted by molar-refractivity contribution is -0.672. The first-order chi connectivity index (χ1) is 53.1. The molecule has 15 nitrogen and oxygen atoms in total. The molecular weight excluding hydrogens is 1380 g/mol. The molecule has 11 aromatic rings. The van der Waals surface area contributed by atoms with Crippen molar-refractivity contribution in [3.8, 4) is 11.5 Å². The number of quaternary nitrogens is 1. The van der Waals surface area contributed by atoms with Crippen LogP contribution in [0.2, 0.25) is 0 Å². The van der Waals surface area contributed by atoms with Crippen molar-refractivity contribution >= 4 is 46.8 Å². The van der Waals surface area contributed by atoms with Crippen LogP contribution in [0.25, 0.3) is 5.32 Å². The van der Waals surface area contributed by atoms with E-state index >= 15 is 0 Å². The Morgan fingerprint density at radius 2 is 0.676 bits per heavy atom. The maximum Gasteiger partial charge on any atom is 0.411 e. The third-order valence-electron chi connectivity index (χ3n) is 20.0. The first-order valence-electron chi connectivity index (χ1n) is 38.0. The highest BCUT2D eigenvalue weighted by Crippen LogP contribution is 2.49. The van der Waals surface area contributed by atoms with Crippen molar-refractivity contribution in [3.05, 3.63) is 356 Å². The fraction of sp³-hybridized carbons (Fsp3) is 0.281. The highest BCUT2D eigenvalue weighted by atomic mass is 16.6. The molecule has 1 heterocycles. The van der Waals surface area contributed by atoms with Crippen molar-refractivity contribution in [2.75, 3.05) is 63.5 Å². The molecular formula is C96H104N5O10+. The molecule has 10 aromatic carbocycles. The number of aryl methyl sites for hydroxylation is 1. The Morgan fingerprint density at radius 1 is 0.351 bits per heavy atom. The number of hydrogen-bond donors (Lipinski definition) is 3. The van der Waals surface area contributed by atoms with Gasteiger partial charge in [0.25, 0.3) is 5.91 Å². The molecule has 11 rings (SSSR count). The summed E-state index contributed by atoms with van der Waals surface area (Å²) < 4.78 is 35.8. The number of carbonyl (C=O) groups is 4. The van der Waals surface area contributed by atoms with Crippen LogP contribution in [0.1, 0.15) is 171 Å². The van der Waals surface area contributed by atoms with Crippen LogP contribution < -0.4 is 30.0 Å². The van der Waals surface area contributed by atoms with E-state index in [4.69, 9.17) is 28.4 Å². The van der Waals surface area contributed by atoms with Crippen molar-refractivity contribution in [1.29, 1.82) is 0 Å². The molecule has 111 heavy (non-hydrogen) atoms. The van der Waals surface area contributed by atoms with Crippen LogP contribution in [0.4, 0.5) is 32.3 Å². The highest BCUT2D eigenvalue weighted by Gasteiger charge is 2.41. The summed E-state index contributed by atoms with van der Waals surface area (Å²) in [7, 11) is 1.75. The Kier molecular flexibility index (Phi) is 25.7. The minimum atomic E-state index is -0.719. The van der Waals surface area contributed by atoms with Crippen LogP contribution >= 0.6 is 0 Å². The molecule has 0 bridgehead atoms. The van der Waals surface area contributed by atoms with Gasteiger partial charge in [-0.3, -0.25) is 14.9 Å². The second-order valence-corrected chi connectivity index (χ2v) is 32.1. The molecule has 0 aliphatic heterocycles. The lowest BCUT2D eigenvalue weighted by Crippen LogP contribution is -2.82. The fourth-order valence-electron chi connectivity index (χ4n) is 13.9. The Hall–Kier alpha value is -11.5. The second-order valence-electron chi connectivity index (χ2n) is 32.1. The van der Waals surface area contributed by atoms with Crippen LogP contribution in [0.5, 0.6) is 11.5 Å². The van der Waals surface area contributed by atoms with Gasteiger partial charge in [0.05, 0.1) is 37.3 Å². The summed E-state index contributed by atoms with van der Waals surface area (Å²) in [5, 5.41) is 11.6. The van der Waals surface area contributed by atoms with Crippen LogP contribution in [-0.4, -0.2) is 76.9 Å². The summed E-state index contributed by atoms with van der Waals surface area (Å²) >= 11 is 0. The Morgan fingerprint density at radius 3 is 1.08 bits per heavy atom. The topological polar surface area (TPSA) is 182 Å². The smallest absolute Gasteiger partial charge is 0.411 e. The van der Waals surface area contributed by atoms with Crippen molar-refractivity contribution < 1.29 is 57.5 Å². The zero-order valence-electron chi connectivity index (χ0n) is 66.2. The van der Waals surface area contributed by atoms with Gasteiger partial charge in [-0.2, -0.15) is 0 Å². The number of benzene rings is 10. The number of primary amides is 1. The van der Waals surface area contributed by atoms with Gasteiger partial charge >= 0.3 is 12.0 Å². The van der Waals surface area contributed by atoms with E-state index in [1.165, 1.54) is 27.6 Å². The Bertz CT molecular complexity index is 4470. The molecule has 0 radical (unpaired) electrons. The van der Waals surface area contributed by atoms with Gasteiger partial charge < -0.3 is 39.1 Å². The number of carbonyl (C=O) groups excluding carboxylic acids is 4. The standard InChI is InChI=1S/C96H103N5O10/c1-91(2,3)69-24-32-75(33-25-69)95(73-20-16-14-17-21-73,76-34-26-70(27-35-76)92(4,5)6)79-40-44-83(45-41-79)99-89(104)110-62-58-106-56-60-108-85-52-48-81(49-53-85)97-87(102)67-64-68(66-101(13)65-67)88(103)98-82-50-54-86(55-51-82)109-61-57-107-59-63-111-90(105)100-84-46-42-80(43-47-84)96(74-22-18-15-19-23-74,77-36-28-71(29-37-77)93(7,8)9)78-38-30-72(31-39-78)94(10,11)12/h14-55,64-66H,56-63H2,1-13H3,(H3-,97,98,99,100,102,103,104,105)/p+1. The van der Waals surface area contributed by atoms with Gasteiger partial charge in [0.15, 0.2) is 12.4 Å². The monoisotopic (exact) mass is 1490 g/mol. The molecule has 0 atom stereocenters. The summed E-state index contributed by atoms with van der Waals surface area (Å²) in [6.07, 6.45) is 2.00. The number of pyridine rings is 1. The number of ether oxygens (including phenoxy) is 6. The van der Waals surface area contributed by atoms with Crippen molar-refractivity contribution in [2.24, 2.45) is 7.05 Å². The van der Waals surface area contributed by atoms with E-state index in [0.717, 1.165) is 44.5 Å². The van der Waals surface area contributed by atoms with Crippen molar-refractivity contribution in [2.45, 2.75) is 116 Å². The summed E-state index contributed by atoms with van der Waals surface area (Å²) in [5.74, 6) is 0.465. The van der Waals surface area contributed by atoms with E-state index in [2.05, 4.69) is 269 Å². The number of rotatable bonds is 28. The van der Waals surface area contributed by atoms with Gasteiger partial charge in [-0.25, -0.2) is 19.5 Å². The highest BCUT2D eigenvalue weighted by molar-refractivity contribution is 6.05. The van der Waals surface area contributed by atoms with Crippen LogP contribution in [0, 0.1) is 0 Å². The van der Waals surface area contributed by atoms with E-state index in [-0.39, 0.29) is 80.4 Å². The largest absolute Gasteiger partial charge is 0.591 e. The van der Waals surface area contributed by atoms with Gasteiger partial charge in [0.2, 0.25) is 6.09 Å². The van der Waals surface area contributed by atoms with Gasteiger partial charge in [-0.1, -0.05) is 277 Å². The molecule has 4 amide bonds. The molecule has 1 aromatic heterocycles. The first kappa shape index (κ1) is 80.5. The number of nitrogens with zero attached hydrogens (tertiary/aromatic N) is 2. The van der Waals surface area contributed by atoms with E-state index < -0.39 is 28.9 Å². The first-order valence-corrected chi connectivity index (χ1v) is 38.0. The van der Waals surface area contributed by atoms with E-state index in [1.807, 2.05) is 36.4 Å². The third-order valence-corrected chi connectivity index (χ3v) is 20.0. The quantitative estimate of drug-likeness (QED) is 0.0185. The summed E-state index contributed by atoms with van der Waals surface area (Å²) in [4.78, 5) is 53.2. The predicted molar refractivity (Wildman–Crippen MR) is 441 cm³/mol. The average Bonchev–Trinajstić information content (AvgIpc) is 0.736. The van der Waals surface area contributed by atoms with Crippen LogP contribution in [-0.2, 0) is 58.5 Å². The Labute approximate surface area is 654 Å². The van der Waals surface area contributed by atoms with Gasteiger partial charge in [-0.15, -0.1) is 5.69 Å². The maximum atomic E-state index is 13.6. The van der Waals surface area contributed by atoms with E-state index in [1.54, 1.807) is 78.6 Å². The number of amides is 4. The van der Waals surface area contributed by atoms with Crippen molar-refractivity contribution in [3.63, 3.8) is 0 Å². The Balaban J connectivity index is 0.583. The lowest BCUT2D eigenvalue weighted by atomic mass is 9.64. The zero-order chi connectivity index (χ0) is 79.0. The fourth-order valence-corrected chi connectivity index (χ4v) is 13.9. The maximum absolute atomic E-state index is 13.6. The summed E-state index contributed by atoms with van der Waals surface area (Å²) in [6.45, 7) is 28.0. The second kappa shape index (κ2) is 35.5. The predicted octanol–water partition coefficient (Wildman–Crippen LogP) is 19.6. The average molecular weight is 1490 g/mol. The number of nitrogens with one attached hydrogen (secondary N) is 2. The lowest BCUT2D eigenvalue weighted by Gasteiger charge is -2.38. The number of aromatic nitrogens is 1. The normalized spacial score (nSPS) is 12.0. The minimum absolute atomic E-state index is 0.00397.